The largest absolute Gasteiger partial charge is 0.457 e. The summed E-state index contributed by atoms with van der Waals surface area (Å²) in [5, 5.41) is 3.70. The average molecular weight is 470 g/mol. The van der Waals surface area contributed by atoms with Crippen LogP contribution in [0.25, 0.3) is 27.7 Å². The zero-order valence-electron chi connectivity index (χ0n) is 19.9. The van der Waals surface area contributed by atoms with Crippen LogP contribution in [0.15, 0.2) is 67.5 Å². The number of hydrogen-bond donors (Lipinski definition) is 2. The van der Waals surface area contributed by atoms with Crippen molar-refractivity contribution in [2.75, 3.05) is 5.73 Å². The van der Waals surface area contributed by atoms with Gasteiger partial charge in [-0.1, -0.05) is 36.9 Å². The lowest BCUT2D eigenvalue weighted by atomic mass is 9.98. The predicted molar refractivity (Wildman–Crippen MR) is 136 cm³/mol. The van der Waals surface area contributed by atoms with E-state index in [2.05, 4.69) is 21.9 Å². The molecule has 0 fully saturated rings. The van der Waals surface area contributed by atoms with Crippen molar-refractivity contribution >= 4 is 28.5 Å². The van der Waals surface area contributed by atoms with Gasteiger partial charge in [0.1, 0.15) is 34.9 Å². The van der Waals surface area contributed by atoms with Gasteiger partial charge < -0.3 is 25.1 Å². The number of nitrogen functional groups attached to an aromatic ring is 1. The van der Waals surface area contributed by atoms with Crippen molar-refractivity contribution in [1.29, 1.82) is 0 Å². The number of alkyl carbamates (subject to hydrolysis) is 1. The number of rotatable bonds is 4. The topological polar surface area (TPSA) is 104 Å². The third-order valence-electron chi connectivity index (χ3n) is 5.77. The molecule has 8 heteroatoms. The number of carbonyl (C=O) groups is 1. The van der Waals surface area contributed by atoms with Crippen molar-refractivity contribution in [1.82, 2.24) is 19.9 Å². The molecule has 0 bridgehead atoms. The number of fused-ring (bicyclic) bond motifs is 3. The number of para-hydroxylation sites is 1. The Kier molecular flexibility index (Phi) is 5.43. The molecule has 2 aromatic heterocycles. The van der Waals surface area contributed by atoms with E-state index in [-0.39, 0.29) is 6.04 Å². The lowest BCUT2D eigenvalue weighted by molar-refractivity contribution is 0.0515. The second-order valence-electron chi connectivity index (χ2n) is 9.46. The molecular formula is C27H27N5O3. The molecule has 0 unspecified atom stereocenters. The molecule has 0 radical (unpaired) electrons. The van der Waals surface area contributed by atoms with E-state index < -0.39 is 11.7 Å². The third kappa shape index (κ3) is 4.30. The minimum atomic E-state index is -0.595. The second-order valence-corrected chi connectivity index (χ2v) is 9.46. The first kappa shape index (κ1) is 22.5. The summed E-state index contributed by atoms with van der Waals surface area (Å²) in [6.07, 6.45) is 0.958. The summed E-state index contributed by atoms with van der Waals surface area (Å²) in [4.78, 5) is 21.2. The van der Waals surface area contributed by atoms with Crippen molar-refractivity contribution in [3.05, 3.63) is 73.2 Å². The monoisotopic (exact) mass is 469 g/mol. The first-order valence-electron chi connectivity index (χ1n) is 11.4. The fourth-order valence-corrected chi connectivity index (χ4v) is 4.34. The van der Waals surface area contributed by atoms with E-state index in [4.69, 9.17) is 15.2 Å². The highest BCUT2D eigenvalue weighted by atomic mass is 16.6. The van der Waals surface area contributed by atoms with Gasteiger partial charge in [-0.15, -0.1) is 0 Å². The predicted octanol–water partition coefficient (Wildman–Crippen LogP) is 5.39. The van der Waals surface area contributed by atoms with Crippen LogP contribution < -0.4 is 15.8 Å². The quantitative estimate of drug-likeness (QED) is 0.415. The van der Waals surface area contributed by atoms with Crippen LogP contribution in [0.4, 0.5) is 10.6 Å². The van der Waals surface area contributed by atoms with E-state index in [1.807, 2.05) is 79.9 Å². The molecule has 8 nitrogen and oxygen atoms in total. The van der Waals surface area contributed by atoms with Crippen LogP contribution in [0.5, 0.6) is 11.5 Å². The van der Waals surface area contributed by atoms with Crippen molar-refractivity contribution in [2.24, 2.45) is 0 Å². The van der Waals surface area contributed by atoms with Crippen molar-refractivity contribution < 1.29 is 14.3 Å². The summed E-state index contributed by atoms with van der Waals surface area (Å²) >= 11 is 0. The standard InChI is InChI=1S/C27H27N5O3/c1-16-20(31-26(33)35-27(2,3)4)14-32-23(16)21(22-24(28)29-15-30-25(22)32)17-10-12-19(13-11-17)34-18-8-6-5-7-9-18/h5-13,15,20H,1,14H2,2-4H3,(H,31,33)(H2,28,29,30)/t20-/m0/s1. The summed E-state index contributed by atoms with van der Waals surface area (Å²) in [5.74, 6) is 1.87. The molecular weight excluding hydrogens is 442 g/mol. The van der Waals surface area contributed by atoms with Gasteiger partial charge in [0.15, 0.2) is 0 Å². The molecule has 1 atom stereocenters. The van der Waals surface area contributed by atoms with E-state index in [0.29, 0.717) is 23.8 Å². The molecule has 3 N–H and O–H groups in total. The van der Waals surface area contributed by atoms with E-state index in [1.165, 1.54) is 6.33 Å². The molecule has 35 heavy (non-hydrogen) atoms. The highest BCUT2D eigenvalue weighted by Crippen LogP contribution is 2.44. The van der Waals surface area contributed by atoms with Gasteiger partial charge in [-0.2, -0.15) is 0 Å². The van der Waals surface area contributed by atoms with Crippen LogP contribution in [-0.4, -0.2) is 32.3 Å². The molecule has 0 aliphatic carbocycles. The maximum Gasteiger partial charge on any atom is 0.408 e. The Morgan fingerprint density at radius 1 is 1.09 bits per heavy atom. The Labute approximate surface area is 203 Å². The molecule has 178 valence electrons. The van der Waals surface area contributed by atoms with Crippen molar-refractivity contribution in [3.8, 4) is 22.6 Å². The maximum atomic E-state index is 12.5. The van der Waals surface area contributed by atoms with Gasteiger partial charge in [0.25, 0.3) is 0 Å². The number of nitrogens with two attached hydrogens (primary N) is 1. The van der Waals surface area contributed by atoms with Crippen molar-refractivity contribution in [2.45, 2.75) is 39.0 Å². The van der Waals surface area contributed by atoms with Crippen LogP contribution >= 0.6 is 0 Å². The molecule has 5 rings (SSSR count). The summed E-state index contributed by atoms with van der Waals surface area (Å²) in [6, 6.07) is 17.0. The fourth-order valence-electron chi connectivity index (χ4n) is 4.34. The van der Waals surface area contributed by atoms with Crippen LogP contribution in [0, 0.1) is 0 Å². The Bertz CT molecular complexity index is 1420. The van der Waals surface area contributed by atoms with Gasteiger partial charge in [-0.25, -0.2) is 14.8 Å². The number of nitrogens with one attached hydrogen (secondary N) is 1. The van der Waals surface area contributed by atoms with Crippen LogP contribution in [0.3, 0.4) is 0 Å². The molecule has 1 aliphatic rings. The molecule has 0 saturated heterocycles. The van der Waals surface area contributed by atoms with Gasteiger partial charge in [0.2, 0.25) is 0 Å². The SMILES string of the molecule is C=C1c2c(-c3ccc(Oc4ccccc4)cc3)c3c(N)ncnc3n2C[C@@H]1NC(=O)OC(C)(C)C. The molecule has 0 saturated carbocycles. The highest BCUT2D eigenvalue weighted by Gasteiger charge is 2.35. The van der Waals surface area contributed by atoms with Gasteiger partial charge in [-0.05, 0) is 56.2 Å². The number of amides is 1. The summed E-state index contributed by atoms with van der Waals surface area (Å²) in [6.45, 7) is 10.3. The first-order valence-corrected chi connectivity index (χ1v) is 11.4. The van der Waals surface area contributed by atoms with E-state index >= 15 is 0 Å². The number of nitrogens with zero attached hydrogens (tertiary/aromatic N) is 3. The minimum Gasteiger partial charge on any atom is -0.457 e. The average Bonchev–Trinajstić information content (AvgIpc) is 3.29. The number of ether oxygens (including phenoxy) is 2. The molecule has 2 aromatic carbocycles. The van der Waals surface area contributed by atoms with Crippen molar-refractivity contribution in [3.63, 3.8) is 0 Å². The zero-order valence-corrected chi connectivity index (χ0v) is 19.9. The number of anilines is 1. The zero-order chi connectivity index (χ0) is 24.7. The highest BCUT2D eigenvalue weighted by molar-refractivity contribution is 6.07. The van der Waals surface area contributed by atoms with E-state index in [0.717, 1.165) is 33.5 Å². The number of carbonyl (C=O) groups excluding carboxylic acids is 1. The van der Waals surface area contributed by atoms with Crippen LogP contribution in [0.2, 0.25) is 0 Å². The lowest BCUT2D eigenvalue weighted by Gasteiger charge is -2.22. The molecule has 4 aromatic rings. The normalized spacial score (nSPS) is 15.2. The van der Waals surface area contributed by atoms with E-state index in [1.54, 1.807) is 0 Å². The van der Waals surface area contributed by atoms with Gasteiger partial charge >= 0.3 is 6.09 Å². The minimum absolute atomic E-state index is 0.333. The van der Waals surface area contributed by atoms with Gasteiger partial charge in [0.05, 0.1) is 17.1 Å². The van der Waals surface area contributed by atoms with Crippen LogP contribution in [-0.2, 0) is 11.3 Å². The molecule has 0 spiro atoms. The first-order chi connectivity index (χ1) is 16.7. The Morgan fingerprint density at radius 2 is 1.77 bits per heavy atom. The Balaban J connectivity index is 1.51. The molecule has 3 heterocycles. The fraction of sp³-hybridized carbons (Fsp3) is 0.222. The number of hydrogen-bond acceptors (Lipinski definition) is 6. The second kappa shape index (κ2) is 8.47. The van der Waals surface area contributed by atoms with Gasteiger partial charge in [0, 0.05) is 12.1 Å². The molecule has 1 amide bonds. The summed E-state index contributed by atoms with van der Waals surface area (Å²) in [5.41, 5.74) is 9.83. The third-order valence-corrected chi connectivity index (χ3v) is 5.77. The lowest BCUT2D eigenvalue weighted by Crippen LogP contribution is -2.39. The maximum absolute atomic E-state index is 12.5. The summed E-state index contributed by atoms with van der Waals surface area (Å²) < 4.78 is 13.4. The summed E-state index contributed by atoms with van der Waals surface area (Å²) in [7, 11) is 0. The van der Waals surface area contributed by atoms with Crippen LogP contribution in [0.1, 0.15) is 26.5 Å². The Hall–Kier alpha value is -4.33. The number of benzene rings is 2. The number of aromatic nitrogens is 3. The van der Waals surface area contributed by atoms with Gasteiger partial charge in [-0.3, -0.25) is 0 Å². The Morgan fingerprint density at radius 3 is 2.46 bits per heavy atom. The van der Waals surface area contributed by atoms with E-state index in [9.17, 15) is 4.79 Å². The molecule has 1 aliphatic heterocycles. The smallest absolute Gasteiger partial charge is 0.408 e.